The second-order valence-electron chi connectivity index (χ2n) is 6.96. The van der Waals surface area contributed by atoms with Gasteiger partial charge in [0.15, 0.2) is 0 Å². The molecule has 1 saturated heterocycles. The molecule has 0 N–H and O–H groups in total. The van der Waals surface area contributed by atoms with Gasteiger partial charge in [-0.1, -0.05) is 12.1 Å². The molecule has 5 heteroatoms. The van der Waals surface area contributed by atoms with Crippen LogP contribution in [-0.2, 0) is 6.54 Å². The van der Waals surface area contributed by atoms with Crippen molar-refractivity contribution < 1.29 is 14.2 Å². The summed E-state index contributed by atoms with van der Waals surface area (Å²) in [6.45, 7) is 8.87. The fourth-order valence-corrected chi connectivity index (χ4v) is 3.42. The largest absolute Gasteiger partial charge is 0.497 e. The van der Waals surface area contributed by atoms with Crippen molar-refractivity contribution in [3.8, 4) is 17.2 Å². The van der Waals surface area contributed by atoms with E-state index in [0.29, 0.717) is 0 Å². The Morgan fingerprint density at radius 3 is 2.33 bits per heavy atom. The van der Waals surface area contributed by atoms with Crippen LogP contribution in [0.3, 0.4) is 0 Å². The van der Waals surface area contributed by atoms with Crippen LogP contribution in [0.2, 0.25) is 0 Å². The highest BCUT2D eigenvalue weighted by Crippen LogP contribution is 2.25. The molecule has 5 nitrogen and oxygen atoms in total. The summed E-state index contributed by atoms with van der Waals surface area (Å²) in [6.07, 6.45) is 0. The fourth-order valence-electron chi connectivity index (χ4n) is 3.42. The minimum Gasteiger partial charge on any atom is -0.497 e. The van der Waals surface area contributed by atoms with Gasteiger partial charge in [0.2, 0.25) is 0 Å². The Morgan fingerprint density at radius 1 is 0.852 bits per heavy atom. The number of methoxy groups -OCH3 is 2. The van der Waals surface area contributed by atoms with Crippen LogP contribution in [0.15, 0.2) is 42.5 Å². The lowest BCUT2D eigenvalue weighted by atomic mass is 10.1. The SMILES string of the molecule is COc1ccc(OC)c(CN2CCN(CCOc3cccc(C)c3)CC2)c1. The Labute approximate surface area is 162 Å². The number of hydrogen-bond acceptors (Lipinski definition) is 5. The molecule has 0 atom stereocenters. The van der Waals surface area contributed by atoms with Crippen molar-refractivity contribution in [3.63, 3.8) is 0 Å². The zero-order valence-corrected chi connectivity index (χ0v) is 16.6. The molecule has 1 fully saturated rings. The molecule has 0 unspecified atom stereocenters. The van der Waals surface area contributed by atoms with Crippen molar-refractivity contribution in [2.45, 2.75) is 13.5 Å². The van der Waals surface area contributed by atoms with E-state index in [4.69, 9.17) is 14.2 Å². The molecule has 0 amide bonds. The van der Waals surface area contributed by atoms with E-state index in [1.165, 1.54) is 11.1 Å². The predicted molar refractivity (Wildman–Crippen MR) is 108 cm³/mol. The minimum atomic E-state index is 0.729. The summed E-state index contributed by atoms with van der Waals surface area (Å²) in [6, 6.07) is 14.2. The standard InChI is InChI=1S/C22H30N2O3/c1-18-5-4-6-21(15-18)27-14-13-23-9-11-24(12-10-23)17-19-16-20(25-2)7-8-22(19)26-3/h4-8,15-16H,9-14,17H2,1-3H3. The summed E-state index contributed by atoms with van der Waals surface area (Å²) < 4.78 is 16.7. The van der Waals surface area contributed by atoms with Crippen LogP contribution in [0.25, 0.3) is 0 Å². The third-order valence-electron chi connectivity index (χ3n) is 5.01. The number of rotatable bonds is 8. The van der Waals surface area contributed by atoms with E-state index in [-0.39, 0.29) is 0 Å². The summed E-state index contributed by atoms with van der Waals surface area (Å²) in [7, 11) is 3.42. The predicted octanol–water partition coefficient (Wildman–Crippen LogP) is 3.21. The molecular weight excluding hydrogens is 340 g/mol. The zero-order valence-electron chi connectivity index (χ0n) is 16.6. The van der Waals surface area contributed by atoms with Gasteiger partial charge in [-0.3, -0.25) is 9.80 Å². The van der Waals surface area contributed by atoms with E-state index in [9.17, 15) is 0 Å². The monoisotopic (exact) mass is 370 g/mol. The number of hydrogen-bond donors (Lipinski definition) is 0. The maximum Gasteiger partial charge on any atom is 0.123 e. The summed E-state index contributed by atoms with van der Waals surface area (Å²) in [5.41, 5.74) is 2.40. The lowest BCUT2D eigenvalue weighted by Gasteiger charge is -2.34. The normalized spacial score (nSPS) is 15.5. The van der Waals surface area contributed by atoms with Crippen molar-refractivity contribution in [1.29, 1.82) is 0 Å². The first kappa shape index (κ1) is 19.5. The molecule has 0 aromatic heterocycles. The molecule has 27 heavy (non-hydrogen) atoms. The number of nitrogens with zero attached hydrogens (tertiary/aromatic N) is 2. The van der Waals surface area contributed by atoms with Gasteiger partial charge in [-0.25, -0.2) is 0 Å². The highest BCUT2D eigenvalue weighted by atomic mass is 16.5. The molecule has 2 aromatic carbocycles. The van der Waals surface area contributed by atoms with Gasteiger partial charge in [-0.15, -0.1) is 0 Å². The average Bonchev–Trinajstić information content (AvgIpc) is 2.69. The Bertz CT molecular complexity index is 727. The Balaban J connectivity index is 1.44. The summed E-state index contributed by atoms with van der Waals surface area (Å²) >= 11 is 0. The van der Waals surface area contributed by atoms with Crippen LogP contribution in [0.4, 0.5) is 0 Å². The first-order valence-corrected chi connectivity index (χ1v) is 9.53. The van der Waals surface area contributed by atoms with Gasteiger partial charge >= 0.3 is 0 Å². The second kappa shape index (κ2) is 9.62. The van der Waals surface area contributed by atoms with Crippen LogP contribution in [-0.4, -0.2) is 63.4 Å². The maximum atomic E-state index is 5.88. The number of benzene rings is 2. The molecule has 0 bridgehead atoms. The van der Waals surface area contributed by atoms with E-state index < -0.39 is 0 Å². The van der Waals surface area contributed by atoms with Crippen LogP contribution in [0.1, 0.15) is 11.1 Å². The number of ether oxygens (including phenoxy) is 3. The Kier molecular flexibility index (Phi) is 6.96. The third-order valence-corrected chi connectivity index (χ3v) is 5.01. The maximum absolute atomic E-state index is 5.88. The molecule has 0 saturated carbocycles. The smallest absolute Gasteiger partial charge is 0.123 e. The van der Waals surface area contributed by atoms with Gasteiger partial charge in [-0.2, -0.15) is 0 Å². The van der Waals surface area contributed by atoms with Gasteiger partial charge in [0.1, 0.15) is 23.9 Å². The molecule has 146 valence electrons. The van der Waals surface area contributed by atoms with E-state index in [1.807, 2.05) is 24.3 Å². The second-order valence-corrected chi connectivity index (χ2v) is 6.96. The van der Waals surface area contributed by atoms with E-state index in [1.54, 1.807) is 14.2 Å². The zero-order chi connectivity index (χ0) is 19.1. The Hall–Kier alpha value is -2.24. The topological polar surface area (TPSA) is 34.2 Å². The Morgan fingerprint density at radius 2 is 1.63 bits per heavy atom. The van der Waals surface area contributed by atoms with Gasteiger partial charge < -0.3 is 14.2 Å². The summed E-state index contributed by atoms with van der Waals surface area (Å²) in [5, 5.41) is 0. The number of piperazine rings is 1. The molecule has 0 radical (unpaired) electrons. The van der Waals surface area contributed by atoms with Gasteiger partial charge in [0.25, 0.3) is 0 Å². The highest BCUT2D eigenvalue weighted by molar-refractivity contribution is 5.40. The summed E-state index contributed by atoms with van der Waals surface area (Å²) in [5.74, 6) is 2.75. The van der Waals surface area contributed by atoms with Crippen molar-refractivity contribution in [2.75, 3.05) is 53.6 Å². The molecule has 2 aromatic rings. The van der Waals surface area contributed by atoms with Gasteiger partial charge in [0.05, 0.1) is 14.2 Å². The van der Waals surface area contributed by atoms with Crippen molar-refractivity contribution in [3.05, 3.63) is 53.6 Å². The van der Waals surface area contributed by atoms with Crippen LogP contribution >= 0.6 is 0 Å². The van der Waals surface area contributed by atoms with Crippen molar-refractivity contribution in [1.82, 2.24) is 9.80 Å². The van der Waals surface area contributed by atoms with Gasteiger partial charge in [0, 0.05) is 44.8 Å². The van der Waals surface area contributed by atoms with E-state index >= 15 is 0 Å². The highest BCUT2D eigenvalue weighted by Gasteiger charge is 2.18. The quantitative estimate of drug-likeness (QED) is 0.713. The minimum absolute atomic E-state index is 0.729. The fraction of sp³-hybridized carbons (Fsp3) is 0.455. The molecule has 1 aliphatic heterocycles. The lowest BCUT2D eigenvalue weighted by molar-refractivity contribution is 0.112. The molecule has 1 aliphatic rings. The van der Waals surface area contributed by atoms with Crippen LogP contribution in [0.5, 0.6) is 17.2 Å². The average molecular weight is 370 g/mol. The van der Waals surface area contributed by atoms with Crippen molar-refractivity contribution >= 4 is 0 Å². The number of aryl methyl sites for hydroxylation is 1. The molecular formula is C22H30N2O3. The third kappa shape index (κ3) is 5.62. The molecule has 3 rings (SSSR count). The van der Waals surface area contributed by atoms with E-state index in [0.717, 1.165) is 63.1 Å². The van der Waals surface area contributed by atoms with Crippen molar-refractivity contribution in [2.24, 2.45) is 0 Å². The van der Waals surface area contributed by atoms with Gasteiger partial charge in [-0.05, 0) is 42.8 Å². The summed E-state index contributed by atoms with van der Waals surface area (Å²) in [4.78, 5) is 4.93. The van der Waals surface area contributed by atoms with Crippen LogP contribution < -0.4 is 14.2 Å². The first-order valence-electron chi connectivity index (χ1n) is 9.53. The molecule has 0 aliphatic carbocycles. The van der Waals surface area contributed by atoms with Crippen LogP contribution in [0, 0.1) is 6.92 Å². The molecule has 1 heterocycles. The van der Waals surface area contributed by atoms with E-state index in [2.05, 4.69) is 34.9 Å². The molecule has 0 spiro atoms. The first-order chi connectivity index (χ1) is 13.2. The lowest BCUT2D eigenvalue weighted by Crippen LogP contribution is -2.47.